The maximum atomic E-state index is 11.9. The lowest BCUT2D eigenvalue weighted by Crippen LogP contribution is -2.57. The Bertz CT molecular complexity index is 240. The van der Waals surface area contributed by atoms with E-state index in [1.165, 1.54) is 0 Å². The highest BCUT2D eigenvalue weighted by atomic mass is 16.2. The van der Waals surface area contributed by atoms with Crippen LogP contribution in [0, 0.1) is 0 Å². The fourth-order valence-corrected chi connectivity index (χ4v) is 2.13. The van der Waals surface area contributed by atoms with Crippen LogP contribution in [-0.4, -0.2) is 48.6 Å². The molecule has 86 valence electrons. The minimum atomic E-state index is 0.0164. The Morgan fingerprint density at radius 1 is 1.53 bits per heavy atom. The normalized spacial score (nSPS) is 29.9. The van der Waals surface area contributed by atoms with E-state index in [0.29, 0.717) is 12.1 Å². The Hall–Kier alpha value is -0.610. The van der Waals surface area contributed by atoms with Crippen molar-refractivity contribution in [2.75, 3.05) is 19.6 Å². The van der Waals surface area contributed by atoms with Gasteiger partial charge < -0.3 is 10.6 Å². The summed E-state index contributed by atoms with van der Waals surface area (Å²) in [4.78, 5) is 14.2. The predicted molar refractivity (Wildman–Crippen MR) is 59.7 cm³/mol. The first-order valence-electron chi connectivity index (χ1n) is 5.95. The molecule has 2 rings (SSSR count). The number of carbonyl (C=O) groups is 1. The number of piperazine rings is 1. The lowest BCUT2D eigenvalue weighted by molar-refractivity contribution is -0.127. The third kappa shape index (κ3) is 2.69. The molecule has 0 bridgehead atoms. The van der Waals surface area contributed by atoms with Crippen LogP contribution in [0.25, 0.3) is 0 Å². The molecule has 1 aliphatic heterocycles. The molecule has 4 heteroatoms. The SMILES string of the molecule is CC(C(=O)NC1CC1)N1CCNC[C@@H]1C. The van der Waals surface area contributed by atoms with Gasteiger partial charge in [0.2, 0.25) is 5.91 Å². The smallest absolute Gasteiger partial charge is 0.237 e. The number of nitrogens with zero attached hydrogens (tertiary/aromatic N) is 1. The van der Waals surface area contributed by atoms with Crippen LogP contribution in [-0.2, 0) is 4.79 Å². The fourth-order valence-electron chi connectivity index (χ4n) is 2.13. The van der Waals surface area contributed by atoms with E-state index in [4.69, 9.17) is 0 Å². The number of rotatable bonds is 3. The van der Waals surface area contributed by atoms with Gasteiger partial charge in [-0.05, 0) is 26.7 Å². The minimum Gasteiger partial charge on any atom is -0.352 e. The van der Waals surface area contributed by atoms with Crippen LogP contribution >= 0.6 is 0 Å². The van der Waals surface area contributed by atoms with Crippen molar-refractivity contribution in [3.05, 3.63) is 0 Å². The molecule has 0 radical (unpaired) electrons. The highest BCUT2D eigenvalue weighted by Crippen LogP contribution is 2.19. The summed E-state index contributed by atoms with van der Waals surface area (Å²) < 4.78 is 0. The van der Waals surface area contributed by atoms with Gasteiger partial charge in [-0.2, -0.15) is 0 Å². The van der Waals surface area contributed by atoms with Crippen molar-refractivity contribution in [1.29, 1.82) is 0 Å². The van der Waals surface area contributed by atoms with E-state index in [1.54, 1.807) is 0 Å². The Balaban J connectivity index is 1.86. The molecule has 1 heterocycles. The zero-order valence-corrected chi connectivity index (χ0v) is 9.62. The van der Waals surface area contributed by atoms with E-state index >= 15 is 0 Å². The molecule has 1 saturated carbocycles. The zero-order chi connectivity index (χ0) is 10.8. The van der Waals surface area contributed by atoms with Crippen LogP contribution in [0.3, 0.4) is 0 Å². The predicted octanol–water partition coefficient (Wildman–Crippen LogP) is -0.0528. The first-order chi connectivity index (χ1) is 7.18. The molecule has 2 N–H and O–H groups in total. The van der Waals surface area contributed by atoms with Crippen LogP contribution in [0.1, 0.15) is 26.7 Å². The summed E-state index contributed by atoms with van der Waals surface area (Å²) in [5.74, 6) is 0.200. The van der Waals surface area contributed by atoms with Gasteiger partial charge in [-0.15, -0.1) is 0 Å². The maximum absolute atomic E-state index is 11.9. The van der Waals surface area contributed by atoms with Gasteiger partial charge in [0.05, 0.1) is 6.04 Å². The zero-order valence-electron chi connectivity index (χ0n) is 9.62. The first-order valence-corrected chi connectivity index (χ1v) is 5.95. The fraction of sp³-hybridized carbons (Fsp3) is 0.909. The van der Waals surface area contributed by atoms with Crippen LogP contribution in [0.2, 0.25) is 0 Å². The number of nitrogens with one attached hydrogen (secondary N) is 2. The van der Waals surface area contributed by atoms with Crippen molar-refractivity contribution < 1.29 is 4.79 Å². The largest absolute Gasteiger partial charge is 0.352 e. The summed E-state index contributed by atoms with van der Waals surface area (Å²) in [6, 6.07) is 0.944. The molecule has 1 saturated heterocycles. The molecule has 1 unspecified atom stereocenters. The second-order valence-corrected chi connectivity index (χ2v) is 4.75. The van der Waals surface area contributed by atoms with Crippen molar-refractivity contribution >= 4 is 5.91 Å². The lowest BCUT2D eigenvalue weighted by atomic mass is 10.1. The summed E-state index contributed by atoms with van der Waals surface area (Å²) in [6.07, 6.45) is 2.32. The molecular weight excluding hydrogens is 190 g/mol. The van der Waals surface area contributed by atoms with E-state index in [2.05, 4.69) is 22.5 Å². The van der Waals surface area contributed by atoms with Gasteiger partial charge in [0.1, 0.15) is 0 Å². The molecule has 0 aromatic rings. The van der Waals surface area contributed by atoms with Crippen LogP contribution in [0.5, 0.6) is 0 Å². The highest BCUT2D eigenvalue weighted by Gasteiger charge is 2.31. The first kappa shape index (κ1) is 10.9. The van der Waals surface area contributed by atoms with Gasteiger partial charge in [-0.1, -0.05) is 0 Å². The summed E-state index contributed by atoms with van der Waals surface area (Å²) in [5.41, 5.74) is 0. The molecule has 0 aromatic carbocycles. The van der Waals surface area contributed by atoms with Gasteiger partial charge in [0.25, 0.3) is 0 Å². The number of carbonyl (C=O) groups excluding carboxylic acids is 1. The summed E-state index contributed by atoms with van der Waals surface area (Å²) in [7, 11) is 0. The number of amides is 1. The van der Waals surface area contributed by atoms with Crippen molar-refractivity contribution in [3.8, 4) is 0 Å². The van der Waals surface area contributed by atoms with Crippen molar-refractivity contribution in [1.82, 2.24) is 15.5 Å². The third-order valence-electron chi connectivity index (χ3n) is 3.35. The van der Waals surface area contributed by atoms with E-state index < -0.39 is 0 Å². The van der Waals surface area contributed by atoms with E-state index in [1.807, 2.05) is 6.92 Å². The highest BCUT2D eigenvalue weighted by molar-refractivity contribution is 5.81. The van der Waals surface area contributed by atoms with Gasteiger partial charge in [-0.3, -0.25) is 9.69 Å². The minimum absolute atomic E-state index is 0.0164. The third-order valence-corrected chi connectivity index (χ3v) is 3.35. The number of hydrogen-bond acceptors (Lipinski definition) is 3. The molecular formula is C11H21N3O. The molecule has 0 aromatic heterocycles. The number of hydrogen-bond donors (Lipinski definition) is 2. The van der Waals surface area contributed by atoms with E-state index in [0.717, 1.165) is 32.5 Å². The topological polar surface area (TPSA) is 44.4 Å². The Labute approximate surface area is 91.4 Å². The second kappa shape index (κ2) is 4.49. The standard InChI is InChI=1S/C11H21N3O/c1-8-7-12-5-6-14(8)9(2)11(15)13-10-3-4-10/h8-10,12H,3-7H2,1-2H3,(H,13,15)/t8-,9?/m0/s1. The molecule has 1 amide bonds. The molecule has 15 heavy (non-hydrogen) atoms. The van der Waals surface area contributed by atoms with Gasteiger partial charge >= 0.3 is 0 Å². The van der Waals surface area contributed by atoms with Gasteiger partial charge in [0, 0.05) is 31.7 Å². The Morgan fingerprint density at radius 2 is 2.27 bits per heavy atom. The maximum Gasteiger partial charge on any atom is 0.237 e. The van der Waals surface area contributed by atoms with Gasteiger partial charge in [-0.25, -0.2) is 0 Å². The average Bonchev–Trinajstić information content (AvgIpc) is 3.01. The van der Waals surface area contributed by atoms with Crippen molar-refractivity contribution in [2.45, 2.75) is 44.8 Å². The van der Waals surface area contributed by atoms with Crippen LogP contribution in [0.4, 0.5) is 0 Å². The van der Waals surface area contributed by atoms with Gasteiger partial charge in [0.15, 0.2) is 0 Å². The van der Waals surface area contributed by atoms with E-state index in [9.17, 15) is 4.79 Å². The van der Waals surface area contributed by atoms with Crippen LogP contribution < -0.4 is 10.6 Å². The molecule has 2 aliphatic rings. The second-order valence-electron chi connectivity index (χ2n) is 4.75. The van der Waals surface area contributed by atoms with Crippen LogP contribution in [0.15, 0.2) is 0 Å². The lowest BCUT2D eigenvalue weighted by Gasteiger charge is -2.37. The summed E-state index contributed by atoms with van der Waals surface area (Å²) >= 11 is 0. The van der Waals surface area contributed by atoms with Crippen molar-refractivity contribution in [2.24, 2.45) is 0 Å². The molecule has 2 fully saturated rings. The quantitative estimate of drug-likeness (QED) is 0.688. The molecule has 2 atom stereocenters. The van der Waals surface area contributed by atoms with E-state index in [-0.39, 0.29) is 11.9 Å². The Morgan fingerprint density at radius 3 is 2.87 bits per heavy atom. The monoisotopic (exact) mass is 211 g/mol. The Kier molecular flexibility index (Phi) is 3.26. The average molecular weight is 211 g/mol. The molecule has 1 aliphatic carbocycles. The van der Waals surface area contributed by atoms with Crippen molar-refractivity contribution in [3.63, 3.8) is 0 Å². The molecule has 0 spiro atoms. The summed E-state index contributed by atoms with van der Waals surface area (Å²) in [5, 5.41) is 6.41. The summed E-state index contributed by atoms with van der Waals surface area (Å²) in [6.45, 7) is 7.14. The molecule has 4 nitrogen and oxygen atoms in total.